The number of hydrogen-bond acceptors (Lipinski definition) is 4. The zero-order valence-electron chi connectivity index (χ0n) is 13.8. The average molecular weight is 365 g/mol. The Morgan fingerprint density at radius 2 is 2.29 bits per heavy atom. The fraction of sp³-hybridized carbons (Fsp3) is 0.278. The highest BCUT2D eigenvalue weighted by atomic mass is 35.5. The SMILES string of the molecule is C=CCN(Cc1cccs1)C(=O)C(C)Nc1ccc(OC)c(Cl)c1. The molecule has 0 radical (unpaired) electrons. The summed E-state index contributed by atoms with van der Waals surface area (Å²) >= 11 is 7.76. The first kappa shape index (κ1) is 18.4. The maximum absolute atomic E-state index is 12.7. The highest BCUT2D eigenvalue weighted by Gasteiger charge is 2.20. The molecule has 1 heterocycles. The Bertz CT molecular complexity index is 688. The third-order valence-corrected chi connectivity index (χ3v) is 4.65. The summed E-state index contributed by atoms with van der Waals surface area (Å²) in [5, 5.41) is 5.70. The van der Waals surface area contributed by atoms with Crippen LogP contribution in [0.3, 0.4) is 0 Å². The number of nitrogens with one attached hydrogen (secondary N) is 1. The number of benzene rings is 1. The second-order valence-corrected chi connectivity index (χ2v) is 6.74. The molecule has 0 aliphatic rings. The van der Waals surface area contributed by atoms with Gasteiger partial charge in [-0.3, -0.25) is 4.79 Å². The summed E-state index contributed by atoms with van der Waals surface area (Å²) in [4.78, 5) is 15.7. The second kappa shape index (κ2) is 8.76. The Morgan fingerprint density at radius 1 is 1.50 bits per heavy atom. The summed E-state index contributed by atoms with van der Waals surface area (Å²) in [5.74, 6) is 0.613. The van der Waals surface area contributed by atoms with Crippen molar-refractivity contribution in [3.63, 3.8) is 0 Å². The van der Waals surface area contributed by atoms with E-state index in [2.05, 4.69) is 11.9 Å². The number of halogens is 1. The smallest absolute Gasteiger partial charge is 0.245 e. The van der Waals surface area contributed by atoms with Crippen LogP contribution in [0, 0.1) is 0 Å². The van der Waals surface area contributed by atoms with Gasteiger partial charge in [0, 0.05) is 17.1 Å². The fourth-order valence-electron chi connectivity index (χ4n) is 2.32. The van der Waals surface area contributed by atoms with E-state index in [1.807, 2.05) is 30.5 Å². The number of nitrogens with zero attached hydrogens (tertiary/aromatic N) is 1. The fourth-order valence-corrected chi connectivity index (χ4v) is 3.30. The standard InChI is InChI=1S/C18H21ClN2O2S/c1-4-9-21(12-15-6-5-10-24-15)18(22)13(2)20-14-7-8-17(23-3)16(19)11-14/h4-8,10-11,13,20H,1,9,12H2,2-3H3. The zero-order valence-corrected chi connectivity index (χ0v) is 15.4. The second-order valence-electron chi connectivity index (χ2n) is 5.30. The highest BCUT2D eigenvalue weighted by molar-refractivity contribution is 7.09. The molecule has 1 aromatic carbocycles. The van der Waals surface area contributed by atoms with Crippen molar-refractivity contribution in [2.45, 2.75) is 19.5 Å². The van der Waals surface area contributed by atoms with E-state index < -0.39 is 0 Å². The summed E-state index contributed by atoms with van der Waals surface area (Å²) in [5.41, 5.74) is 0.774. The van der Waals surface area contributed by atoms with Crippen molar-refractivity contribution >= 4 is 34.5 Å². The number of carbonyl (C=O) groups excluding carboxylic acids is 1. The zero-order chi connectivity index (χ0) is 17.5. The van der Waals surface area contributed by atoms with Crippen LogP contribution in [0.5, 0.6) is 5.75 Å². The first-order valence-electron chi connectivity index (χ1n) is 7.57. The number of methoxy groups -OCH3 is 1. The van der Waals surface area contributed by atoms with E-state index in [4.69, 9.17) is 16.3 Å². The molecule has 0 fully saturated rings. The molecule has 1 atom stereocenters. The van der Waals surface area contributed by atoms with E-state index in [0.29, 0.717) is 23.9 Å². The topological polar surface area (TPSA) is 41.6 Å². The van der Waals surface area contributed by atoms with E-state index in [-0.39, 0.29) is 11.9 Å². The Hall–Kier alpha value is -1.98. The molecule has 1 unspecified atom stereocenters. The number of anilines is 1. The Balaban J connectivity index is 2.05. The number of rotatable bonds is 8. The van der Waals surface area contributed by atoms with Crippen LogP contribution in [-0.4, -0.2) is 30.5 Å². The normalized spacial score (nSPS) is 11.6. The molecule has 0 bridgehead atoms. The molecule has 4 nitrogen and oxygen atoms in total. The van der Waals surface area contributed by atoms with Crippen LogP contribution in [0.25, 0.3) is 0 Å². The number of thiophene rings is 1. The van der Waals surface area contributed by atoms with Gasteiger partial charge in [-0.25, -0.2) is 0 Å². The Morgan fingerprint density at radius 3 is 2.88 bits per heavy atom. The van der Waals surface area contributed by atoms with Crippen LogP contribution >= 0.6 is 22.9 Å². The minimum Gasteiger partial charge on any atom is -0.495 e. The largest absolute Gasteiger partial charge is 0.495 e. The number of carbonyl (C=O) groups is 1. The van der Waals surface area contributed by atoms with Gasteiger partial charge in [-0.05, 0) is 36.6 Å². The molecule has 24 heavy (non-hydrogen) atoms. The maximum atomic E-state index is 12.7. The Labute approximate surface area is 151 Å². The molecule has 2 rings (SSSR count). The van der Waals surface area contributed by atoms with Crippen molar-refractivity contribution < 1.29 is 9.53 Å². The van der Waals surface area contributed by atoms with E-state index in [0.717, 1.165) is 10.6 Å². The van der Waals surface area contributed by atoms with Gasteiger partial charge in [0.1, 0.15) is 11.8 Å². The van der Waals surface area contributed by atoms with Crippen LogP contribution in [0.15, 0.2) is 48.4 Å². The van der Waals surface area contributed by atoms with Crippen molar-refractivity contribution in [1.29, 1.82) is 0 Å². The first-order chi connectivity index (χ1) is 11.5. The molecule has 0 aliphatic heterocycles. The van der Waals surface area contributed by atoms with Crippen molar-refractivity contribution in [3.8, 4) is 5.75 Å². The van der Waals surface area contributed by atoms with Crippen LogP contribution in [0.2, 0.25) is 5.02 Å². The lowest BCUT2D eigenvalue weighted by atomic mass is 10.2. The minimum absolute atomic E-state index is 0.00948. The molecule has 2 aromatic rings. The molecule has 128 valence electrons. The lowest BCUT2D eigenvalue weighted by Gasteiger charge is -2.25. The molecular formula is C18H21ClN2O2S. The third kappa shape index (κ3) is 4.76. The molecule has 1 aromatic heterocycles. The van der Waals surface area contributed by atoms with Gasteiger partial charge in [0.15, 0.2) is 0 Å². The highest BCUT2D eigenvalue weighted by Crippen LogP contribution is 2.27. The third-order valence-electron chi connectivity index (χ3n) is 3.49. The van der Waals surface area contributed by atoms with Gasteiger partial charge in [0.25, 0.3) is 0 Å². The van der Waals surface area contributed by atoms with Crippen LogP contribution in [-0.2, 0) is 11.3 Å². The Kier molecular flexibility index (Phi) is 6.70. The summed E-state index contributed by atoms with van der Waals surface area (Å²) in [6.07, 6.45) is 1.74. The van der Waals surface area contributed by atoms with Crippen molar-refractivity contribution in [2.75, 3.05) is 19.0 Å². The van der Waals surface area contributed by atoms with Gasteiger partial charge in [0.2, 0.25) is 5.91 Å². The van der Waals surface area contributed by atoms with Gasteiger partial charge in [-0.15, -0.1) is 17.9 Å². The van der Waals surface area contributed by atoms with Gasteiger partial charge in [-0.1, -0.05) is 23.7 Å². The average Bonchev–Trinajstić information content (AvgIpc) is 3.07. The van der Waals surface area contributed by atoms with Gasteiger partial charge < -0.3 is 15.0 Å². The molecule has 0 saturated heterocycles. The van der Waals surface area contributed by atoms with Gasteiger partial charge in [-0.2, -0.15) is 0 Å². The summed E-state index contributed by atoms with van der Waals surface area (Å²) in [6, 6.07) is 8.99. The monoisotopic (exact) mass is 364 g/mol. The predicted octanol–water partition coefficient (Wildman–Crippen LogP) is 4.43. The molecular weight excluding hydrogens is 344 g/mol. The van der Waals surface area contributed by atoms with Crippen molar-refractivity contribution in [2.24, 2.45) is 0 Å². The van der Waals surface area contributed by atoms with E-state index in [9.17, 15) is 4.79 Å². The lowest BCUT2D eigenvalue weighted by molar-refractivity contribution is -0.131. The van der Waals surface area contributed by atoms with Crippen molar-refractivity contribution in [1.82, 2.24) is 4.90 Å². The summed E-state index contributed by atoms with van der Waals surface area (Å²) < 4.78 is 5.14. The van der Waals surface area contributed by atoms with Crippen LogP contribution in [0.4, 0.5) is 5.69 Å². The summed E-state index contributed by atoms with van der Waals surface area (Å²) in [6.45, 7) is 6.67. The van der Waals surface area contributed by atoms with E-state index in [1.54, 1.807) is 41.6 Å². The van der Waals surface area contributed by atoms with Crippen LogP contribution < -0.4 is 10.1 Å². The molecule has 6 heteroatoms. The molecule has 0 spiro atoms. The lowest BCUT2D eigenvalue weighted by Crippen LogP contribution is -2.41. The van der Waals surface area contributed by atoms with E-state index >= 15 is 0 Å². The number of amides is 1. The quantitative estimate of drug-likeness (QED) is 0.705. The molecule has 0 aliphatic carbocycles. The number of ether oxygens (including phenoxy) is 1. The molecule has 1 N–H and O–H groups in total. The number of hydrogen-bond donors (Lipinski definition) is 1. The predicted molar refractivity (Wildman–Crippen MR) is 101 cm³/mol. The van der Waals surface area contributed by atoms with Gasteiger partial charge in [0.05, 0.1) is 18.7 Å². The first-order valence-corrected chi connectivity index (χ1v) is 8.83. The minimum atomic E-state index is -0.380. The van der Waals surface area contributed by atoms with Gasteiger partial charge >= 0.3 is 0 Å². The maximum Gasteiger partial charge on any atom is 0.245 e. The molecule has 1 amide bonds. The molecule has 0 saturated carbocycles. The van der Waals surface area contributed by atoms with Crippen molar-refractivity contribution in [3.05, 3.63) is 58.3 Å². The van der Waals surface area contributed by atoms with Crippen LogP contribution in [0.1, 0.15) is 11.8 Å². The summed E-state index contributed by atoms with van der Waals surface area (Å²) in [7, 11) is 1.57. The van der Waals surface area contributed by atoms with E-state index in [1.165, 1.54) is 0 Å².